The Balaban J connectivity index is 2.45. The quantitative estimate of drug-likeness (QED) is 0.852. The average Bonchev–Trinajstić information content (AvgIpc) is 2.66. The Kier molecular flexibility index (Phi) is 3.76. The van der Waals surface area contributed by atoms with Crippen molar-refractivity contribution in [3.8, 4) is 0 Å². The molecule has 0 saturated carbocycles. The summed E-state index contributed by atoms with van der Waals surface area (Å²) in [5.41, 5.74) is 1.25. The Morgan fingerprint density at radius 2 is 1.85 bits per heavy atom. The standard InChI is InChI=1S/C16H23NO3/c1-6-17(7-2)15(19)14-10(3)13-11(18)8-16(4,5)9-12(13)20-14/h6-9H2,1-5H3. The summed E-state index contributed by atoms with van der Waals surface area (Å²) in [6, 6.07) is 0. The van der Waals surface area contributed by atoms with Gasteiger partial charge in [-0.05, 0) is 26.2 Å². The molecule has 0 N–H and O–H groups in total. The van der Waals surface area contributed by atoms with Gasteiger partial charge in [-0.25, -0.2) is 0 Å². The summed E-state index contributed by atoms with van der Waals surface area (Å²) in [5.74, 6) is 0.993. The zero-order valence-corrected chi connectivity index (χ0v) is 13.0. The van der Waals surface area contributed by atoms with Gasteiger partial charge in [0.2, 0.25) is 0 Å². The molecular formula is C16H23NO3. The molecular weight excluding hydrogens is 254 g/mol. The van der Waals surface area contributed by atoms with Gasteiger partial charge in [-0.2, -0.15) is 0 Å². The molecule has 0 radical (unpaired) electrons. The molecule has 4 nitrogen and oxygen atoms in total. The number of ketones is 1. The minimum absolute atomic E-state index is 0.0934. The van der Waals surface area contributed by atoms with E-state index in [-0.39, 0.29) is 17.1 Å². The molecule has 0 aromatic carbocycles. The summed E-state index contributed by atoms with van der Waals surface area (Å²) < 4.78 is 5.78. The lowest BCUT2D eigenvalue weighted by Crippen LogP contribution is -2.30. The molecule has 0 spiro atoms. The number of furan rings is 1. The number of amides is 1. The molecule has 20 heavy (non-hydrogen) atoms. The first-order chi connectivity index (χ1) is 9.30. The lowest BCUT2D eigenvalue weighted by molar-refractivity contribution is 0.0734. The van der Waals surface area contributed by atoms with Crippen LogP contribution >= 0.6 is 0 Å². The SMILES string of the molecule is CCN(CC)C(=O)c1oc2c(c1C)C(=O)CC(C)(C)C2. The van der Waals surface area contributed by atoms with E-state index in [1.807, 2.05) is 20.8 Å². The summed E-state index contributed by atoms with van der Waals surface area (Å²) in [5, 5.41) is 0. The maximum atomic E-state index is 12.4. The van der Waals surface area contributed by atoms with Crippen LogP contribution in [-0.2, 0) is 6.42 Å². The van der Waals surface area contributed by atoms with Gasteiger partial charge in [0.25, 0.3) is 5.91 Å². The van der Waals surface area contributed by atoms with Crippen molar-refractivity contribution in [2.24, 2.45) is 5.41 Å². The number of carbonyl (C=O) groups is 2. The van der Waals surface area contributed by atoms with Crippen LogP contribution in [0.2, 0.25) is 0 Å². The van der Waals surface area contributed by atoms with Crippen molar-refractivity contribution in [1.29, 1.82) is 0 Å². The summed E-state index contributed by atoms with van der Waals surface area (Å²) in [6.07, 6.45) is 1.22. The largest absolute Gasteiger partial charge is 0.455 e. The fourth-order valence-electron chi connectivity index (χ4n) is 2.94. The average molecular weight is 277 g/mol. The molecule has 1 heterocycles. The maximum absolute atomic E-state index is 12.4. The van der Waals surface area contributed by atoms with E-state index in [0.717, 1.165) is 0 Å². The van der Waals surface area contributed by atoms with Gasteiger partial charge in [0, 0.05) is 31.5 Å². The van der Waals surface area contributed by atoms with Gasteiger partial charge in [-0.1, -0.05) is 13.8 Å². The second-order valence-electron chi connectivity index (χ2n) is 6.27. The Bertz CT molecular complexity index is 550. The van der Waals surface area contributed by atoms with Crippen molar-refractivity contribution in [2.45, 2.75) is 47.5 Å². The maximum Gasteiger partial charge on any atom is 0.289 e. The highest BCUT2D eigenvalue weighted by atomic mass is 16.4. The van der Waals surface area contributed by atoms with Crippen LogP contribution in [0.15, 0.2) is 4.42 Å². The lowest BCUT2D eigenvalue weighted by Gasteiger charge is -2.27. The van der Waals surface area contributed by atoms with Crippen molar-refractivity contribution >= 4 is 11.7 Å². The summed E-state index contributed by atoms with van der Waals surface area (Å²) in [7, 11) is 0. The first-order valence-corrected chi connectivity index (χ1v) is 7.25. The molecule has 1 aromatic rings. The normalized spacial score (nSPS) is 16.9. The number of hydrogen-bond donors (Lipinski definition) is 0. The monoisotopic (exact) mass is 277 g/mol. The molecule has 0 fully saturated rings. The molecule has 0 atom stereocenters. The van der Waals surface area contributed by atoms with Gasteiger partial charge in [0.05, 0.1) is 5.56 Å². The fraction of sp³-hybridized carbons (Fsp3) is 0.625. The molecule has 4 heteroatoms. The van der Waals surface area contributed by atoms with Gasteiger partial charge in [-0.15, -0.1) is 0 Å². The minimum atomic E-state index is -0.118. The molecule has 0 saturated heterocycles. The lowest BCUT2D eigenvalue weighted by atomic mass is 9.76. The molecule has 2 rings (SSSR count). The van der Waals surface area contributed by atoms with Crippen LogP contribution < -0.4 is 0 Å². The highest BCUT2D eigenvalue weighted by molar-refractivity contribution is 6.03. The molecule has 110 valence electrons. The third kappa shape index (κ3) is 2.39. The van der Waals surface area contributed by atoms with Gasteiger partial charge >= 0.3 is 0 Å². The predicted molar refractivity (Wildman–Crippen MR) is 77.1 cm³/mol. The van der Waals surface area contributed by atoms with E-state index in [1.165, 1.54) is 0 Å². The number of hydrogen-bond acceptors (Lipinski definition) is 3. The van der Waals surface area contributed by atoms with E-state index in [9.17, 15) is 9.59 Å². The third-order valence-electron chi connectivity index (χ3n) is 4.02. The predicted octanol–water partition coefficient (Wildman–Crippen LogP) is 3.23. The van der Waals surface area contributed by atoms with Crippen LogP contribution in [0.4, 0.5) is 0 Å². The number of rotatable bonds is 3. The summed E-state index contributed by atoms with van der Waals surface area (Å²) >= 11 is 0. The van der Waals surface area contributed by atoms with Crippen molar-refractivity contribution < 1.29 is 14.0 Å². The molecule has 1 aliphatic rings. The first kappa shape index (κ1) is 14.8. The van der Waals surface area contributed by atoms with Gasteiger partial charge in [0.1, 0.15) is 5.76 Å². The highest BCUT2D eigenvalue weighted by Crippen LogP contribution is 2.38. The zero-order valence-electron chi connectivity index (χ0n) is 13.0. The third-order valence-corrected chi connectivity index (χ3v) is 4.02. The van der Waals surface area contributed by atoms with Crippen molar-refractivity contribution in [3.63, 3.8) is 0 Å². The molecule has 1 aromatic heterocycles. The van der Waals surface area contributed by atoms with E-state index >= 15 is 0 Å². The van der Waals surface area contributed by atoms with Crippen molar-refractivity contribution in [2.75, 3.05) is 13.1 Å². The molecule has 0 unspecified atom stereocenters. The number of nitrogens with zero attached hydrogens (tertiary/aromatic N) is 1. The van der Waals surface area contributed by atoms with E-state index < -0.39 is 0 Å². The number of carbonyl (C=O) groups excluding carboxylic acids is 2. The number of fused-ring (bicyclic) bond motifs is 1. The Labute approximate surface area is 120 Å². The second-order valence-corrected chi connectivity index (χ2v) is 6.27. The Morgan fingerprint density at radius 3 is 2.40 bits per heavy atom. The number of Topliss-reactive ketones (excluding diaryl/α,β-unsaturated/α-hetero) is 1. The molecule has 0 aliphatic heterocycles. The topological polar surface area (TPSA) is 50.5 Å². The smallest absolute Gasteiger partial charge is 0.289 e. The summed E-state index contributed by atoms with van der Waals surface area (Å²) in [6.45, 7) is 11.1. The summed E-state index contributed by atoms with van der Waals surface area (Å²) in [4.78, 5) is 26.4. The zero-order chi connectivity index (χ0) is 15.1. The van der Waals surface area contributed by atoms with E-state index in [4.69, 9.17) is 4.42 Å². The van der Waals surface area contributed by atoms with Crippen molar-refractivity contribution in [1.82, 2.24) is 4.90 Å². The van der Waals surface area contributed by atoms with Gasteiger partial charge in [-0.3, -0.25) is 9.59 Å². The van der Waals surface area contributed by atoms with Crippen LogP contribution in [-0.4, -0.2) is 29.7 Å². The first-order valence-electron chi connectivity index (χ1n) is 7.25. The van der Waals surface area contributed by atoms with Crippen LogP contribution in [0, 0.1) is 12.3 Å². The fourth-order valence-corrected chi connectivity index (χ4v) is 2.94. The Hall–Kier alpha value is -1.58. The van der Waals surface area contributed by atoms with Gasteiger partial charge < -0.3 is 9.32 Å². The van der Waals surface area contributed by atoms with Crippen LogP contribution in [0.1, 0.15) is 66.4 Å². The minimum Gasteiger partial charge on any atom is -0.455 e. The van der Waals surface area contributed by atoms with E-state index in [2.05, 4.69) is 13.8 Å². The Morgan fingerprint density at radius 1 is 1.25 bits per heavy atom. The van der Waals surface area contributed by atoms with Crippen LogP contribution in [0.3, 0.4) is 0 Å². The van der Waals surface area contributed by atoms with Crippen molar-refractivity contribution in [3.05, 3.63) is 22.6 Å². The van der Waals surface area contributed by atoms with Crippen LogP contribution in [0.25, 0.3) is 0 Å². The van der Waals surface area contributed by atoms with Crippen LogP contribution in [0.5, 0.6) is 0 Å². The molecule has 1 amide bonds. The van der Waals surface area contributed by atoms with Gasteiger partial charge in [0.15, 0.2) is 11.5 Å². The second kappa shape index (κ2) is 5.08. The molecule has 0 bridgehead atoms. The highest BCUT2D eigenvalue weighted by Gasteiger charge is 2.37. The van der Waals surface area contributed by atoms with E-state index in [1.54, 1.807) is 4.90 Å². The molecule has 1 aliphatic carbocycles. The van der Waals surface area contributed by atoms with E-state index in [0.29, 0.717) is 48.6 Å².